The third-order valence-electron chi connectivity index (χ3n) is 3.71. The lowest BCUT2D eigenvalue weighted by atomic mass is 10.1. The van der Waals surface area contributed by atoms with Crippen molar-refractivity contribution < 1.29 is 17.9 Å². The summed E-state index contributed by atoms with van der Waals surface area (Å²) in [4.78, 5) is 13.3. The van der Waals surface area contributed by atoms with E-state index in [0.29, 0.717) is 16.3 Å². The van der Waals surface area contributed by atoms with E-state index in [1.54, 1.807) is 12.1 Å². The van der Waals surface area contributed by atoms with Gasteiger partial charge >= 0.3 is 0 Å². The lowest BCUT2D eigenvalue weighted by Gasteiger charge is -2.12. The highest BCUT2D eigenvalue weighted by Gasteiger charge is 2.16. The zero-order chi connectivity index (χ0) is 19.4. The Morgan fingerprint density at radius 1 is 1.07 bits per heavy atom. The molecule has 1 heterocycles. The summed E-state index contributed by atoms with van der Waals surface area (Å²) in [6.07, 6.45) is 1.05. The molecule has 140 valence electrons. The SMILES string of the molecule is COc1ccc(NC(=O)c2sccc2-c2ccccc2)cc1NS(C)(=O)=O. The Kier molecular flexibility index (Phi) is 5.48. The minimum atomic E-state index is -3.48. The number of carbonyl (C=O) groups excluding carboxylic acids is 1. The second-order valence-corrected chi connectivity index (χ2v) is 8.44. The van der Waals surface area contributed by atoms with Gasteiger partial charge < -0.3 is 10.1 Å². The number of amides is 1. The molecule has 3 aromatic rings. The van der Waals surface area contributed by atoms with Gasteiger partial charge in [0.1, 0.15) is 5.75 Å². The van der Waals surface area contributed by atoms with Crippen molar-refractivity contribution >= 4 is 38.6 Å². The summed E-state index contributed by atoms with van der Waals surface area (Å²) in [5.41, 5.74) is 2.52. The molecule has 27 heavy (non-hydrogen) atoms. The number of hydrogen-bond donors (Lipinski definition) is 2. The summed E-state index contributed by atoms with van der Waals surface area (Å²) < 4.78 is 30.6. The van der Waals surface area contributed by atoms with Crippen LogP contribution in [0.25, 0.3) is 11.1 Å². The van der Waals surface area contributed by atoms with E-state index < -0.39 is 10.0 Å². The average Bonchev–Trinajstić information content (AvgIpc) is 3.11. The van der Waals surface area contributed by atoms with Crippen molar-refractivity contribution in [1.29, 1.82) is 0 Å². The molecule has 0 radical (unpaired) electrons. The number of methoxy groups -OCH3 is 1. The molecule has 2 N–H and O–H groups in total. The first kappa shape index (κ1) is 18.9. The van der Waals surface area contributed by atoms with Crippen LogP contribution in [-0.4, -0.2) is 27.7 Å². The summed E-state index contributed by atoms with van der Waals surface area (Å²) in [6.45, 7) is 0. The molecule has 1 amide bonds. The van der Waals surface area contributed by atoms with Crippen LogP contribution in [0.5, 0.6) is 5.75 Å². The van der Waals surface area contributed by atoms with Crippen LogP contribution >= 0.6 is 11.3 Å². The van der Waals surface area contributed by atoms with Gasteiger partial charge in [-0.1, -0.05) is 30.3 Å². The Morgan fingerprint density at radius 3 is 2.48 bits per heavy atom. The van der Waals surface area contributed by atoms with E-state index in [4.69, 9.17) is 4.74 Å². The molecule has 0 spiro atoms. The van der Waals surface area contributed by atoms with E-state index in [1.165, 1.54) is 24.5 Å². The summed E-state index contributed by atoms with van der Waals surface area (Å²) >= 11 is 1.35. The van der Waals surface area contributed by atoms with Crippen LogP contribution in [-0.2, 0) is 10.0 Å². The standard InChI is InChI=1S/C19H18N2O4S2/c1-25-17-9-8-14(12-16(17)21-27(2,23)24)20-19(22)18-15(10-11-26-18)13-6-4-3-5-7-13/h3-12,21H,1-2H3,(H,20,22). The Balaban J connectivity index is 1.87. The van der Waals surface area contributed by atoms with E-state index in [2.05, 4.69) is 10.0 Å². The van der Waals surface area contributed by atoms with Crippen LogP contribution in [0.15, 0.2) is 60.0 Å². The van der Waals surface area contributed by atoms with Gasteiger partial charge in [-0.15, -0.1) is 11.3 Å². The molecule has 3 rings (SSSR count). The average molecular weight is 402 g/mol. The van der Waals surface area contributed by atoms with Crippen LogP contribution in [0.4, 0.5) is 11.4 Å². The molecule has 0 unspecified atom stereocenters. The Labute approximate surface area is 161 Å². The van der Waals surface area contributed by atoms with Gasteiger partial charge in [0.05, 0.1) is 23.9 Å². The smallest absolute Gasteiger partial charge is 0.266 e. The molecule has 0 aliphatic carbocycles. The lowest BCUT2D eigenvalue weighted by Crippen LogP contribution is -2.13. The maximum atomic E-state index is 12.7. The van der Waals surface area contributed by atoms with E-state index >= 15 is 0 Å². The van der Waals surface area contributed by atoms with Gasteiger partial charge in [0.2, 0.25) is 10.0 Å². The number of nitrogens with one attached hydrogen (secondary N) is 2. The first-order chi connectivity index (χ1) is 12.9. The van der Waals surface area contributed by atoms with Crippen molar-refractivity contribution in [1.82, 2.24) is 0 Å². The van der Waals surface area contributed by atoms with Crippen molar-refractivity contribution in [2.75, 3.05) is 23.4 Å². The number of ether oxygens (including phenoxy) is 1. The number of hydrogen-bond acceptors (Lipinski definition) is 5. The van der Waals surface area contributed by atoms with Crippen LogP contribution in [0.2, 0.25) is 0 Å². The predicted octanol–water partition coefficient (Wildman–Crippen LogP) is 4.05. The minimum Gasteiger partial charge on any atom is -0.495 e. The van der Waals surface area contributed by atoms with Crippen molar-refractivity contribution in [3.8, 4) is 16.9 Å². The number of carbonyl (C=O) groups is 1. The topological polar surface area (TPSA) is 84.5 Å². The minimum absolute atomic E-state index is 0.257. The summed E-state index contributed by atoms with van der Waals surface area (Å²) in [5.74, 6) is 0.0962. The maximum Gasteiger partial charge on any atom is 0.266 e. The fourth-order valence-electron chi connectivity index (χ4n) is 2.58. The number of anilines is 2. The van der Waals surface area contributed by atoms with Gasteiger partial charge in [-0.05, 0) is 35.2 Å². The summed E-state index contributed by atoms with van der Waals surface area (Å²) in [5, 5.41) is 4.68. The number of thiophene rings is 1. The second-order valence-electron chi connectivity index (χ2n) is 5.77. The fourth-order valence-corrected chi connectivity index (χ4v) is 3.95. The highest BCUT2D eigenvalue weighted by molar-refractivity contribution is 7.92. The Bertz CT molecular complexity index is 1060. The molecule has 8 heteroatoms. The lowest BCUT2D eigenvalue weighted by molar-refractivity contribution is 0.103. The maximum absolute atomic E-state index is 12.7. The molecule has 0 aliphatic heterocycles. The molecule has 0 saturated carbocycles. The van der Waals surface area contributed by atoms with Gasteiger partial charge in [-0.3, -0.25) is 9.52 Å². The van der Waals surface area contributed by atoms with Gasteiger partial charge in [-0.25, -0.2) is 8.42 Å². The van der Waals surface area contributed by atoms with Crippen molar-refractivity contribution in [3.05, 3.63) is 64.9 Å². The van der Waals surface area contributed by atoms with Crippen LogP contribution in [0, 0.1) is 0 Å². The fraction of sp³-hybridized carbons (Fsp3) is 0.105. The monoisotopic (exact) mass is 402 g/mol. The van der Waals surface area contributed by atoms with E-state index in [9.17, 15) is 13.2 Å². The first-order valence-corrected chi connectivity index (χ1v) is 10.7. The third kappa shape index (κ3) is 4.66. The molecule has 1 aromatic heterocycles. The third-order valence-corrected chi connectivity index (χ3v) is 5.21. The zero-order valence-corrected chi connectivity index (χ0v) is 16.4. The van der Waals surface area contributed by atoms with Gasteiger partial charge in [0.25, 0.3) is 5.91 Å². The van der Waals surface area contributed by atoms with E-state index in [1.807, 2.05) is 41.8 Å². The molecule has 0 bridgehead atoms. The summed E-state index contributed by atoms with van der Waals surface area (Å²) in [7, 11) is -2.04. The number of sulfonamides is 1. The van der Waals surface area contributed by atoms with E-state index in [-0.39, 0.29) is 11.6 Å². The Morgan fingerprint density at radius 2 is 1.81 bits per heavy atom. The normalized spacial score (nSPS) is 11.0. The van der Waals surface area contributed by atoms with Crippen LogP contribution in [0.3, 0.4) is 0 Å². The second kappa shape index (κ2) is 7.81. The van der Waals surface area contributed by atoms with Crippen LogP contribution < -0.4 is 14.8 Å². The van der Waals surface area contributed by atoms with Gasteiger partial charge in [0, 0.05) is 11.3 Å². The molecule has 6 nitrogen and oxygen atoms in total. The first-order valence-electron chi connectivity index (χ1n) is 7.97. The van der Waals surface area contributed by atoms with E-state index in [0.717, 1.165) is 17.4 Å². The zero-order valence-electron chi connectivity index (χ0n) is 14.7. The molecule has 0 aliphatic rings. The van der Waals surface area contributed by atoms with Crippen molar-refractivity contribution in [3.63, 3.8) is 0 Å². The molecular formula is C19H18N2O4S2. The Hall–Kier alpha value is -2.84. The highest BCUT2D eigenvalue weighted by atomic mass is 32.2. The molecular weight excluding hydrogens is 384 g/mol. The molecule has 0 saturated heterocycles. The quantitative estimate of drug-likeness (QED) is 0.651. The van der Waals surface area contributed by atoms with Gasteiger partial charge in [0.15, 0.2) is 0 Å². The molecule has 0 atom stereocenters. The van der Waals surface area contributed by atoms with Crippen molar-refractivity contribution in [2.45, 2.75) is 0 Å². The summed E-state index contributed by atoms with van der Waals surface area (Å²) in [6, 6.07) is 16.3. The van der Waals surface area contributed by atoms with Gasteiger partial charge in [-0.2, -0.15) is 0 Å². The largest absolute Gasteiger partial charge is 0.495 e. The number of benzene rings is 2. The number of rotatable bonds is 6. The highest BCUT2D eigenvalue weighted by Crippen LogP contribution is 2.31. The van der Waals surface area contributed by atoms with Crippen molar-refractivity contribution in [2.24, 2.45) is 0 Å². The molecule has 0 fully saturated rings. The predicted molar refractivity (Wildman–Crippen MR) is 109 cm³/mol. The molecule has 2 aromatic carbocycles. The van der Waals surface area contributed by atoms with Crippen LogP contribution in [0.1, 0.15) is 9.67 Å².